The first-order valence-corrected chi connectivity index (χ1v) is 6.70. The molecule has 0 bridgehead atoms. The fourth-order valence-electron chi connectivity index (χ4n) is 1.31. The monoisotopic (exact) mass is 248 g/mol. The predicted octanol–water partition coefficient (Wildman–Crippen LogP) is -1.29. The zero-order valence-corrected chi connectivity index (χ0v) is 12.5. The standard InChI is InChI=1S/C9H20O4S.Na.H/c1-2-3-4-5-6-7-9(10)8-14(11,12)13;;/h9-10H,2-8H2,1H3,(H,11,12,13);;/q;+1;-1. The SMILES string of the molecule is CCCCCCCC(O)CS(=O)(=O)O.[H-].[Na+]. The summed E-state index contributed by atoms with van der Waals surface area (Å²) >= 11 is 0. The van der Waals surface area contributed by atoms with Crippen LogP contribution in [0, 0.1) is 0 Å². The first kappa shape index (κ1) is 18.2. The van der Waals surface area contributed by atoms with E-state index in [1.807, 2.05) is 0 Å². The van der Waals surface area contributed by atoms with E-state index in [0.29, 0.717) is 6.42 Å². The van der Waals surface area contributed by atoms with Gasteiger partial charge in [0.25, 0.3) is 10.1 Å². The molecule has 0 saturated heterocycles. The molecule has 0 radical (unpaired) electrons. The van der Waals surface area contributed by atoms with Gasteiger partial charge >= 0.3 is 29.6 Å². The van der Waals surface area contributed by atoms with Crippen LogP contribution in [0.15, 0.2) is 0 Å². The maximum Gasteiger partial charge on any atom is 1.00 e. The summed E-state index contributed by atoms with van der Waals surface area (Å²) in [6.45, 7) is 2.12. The van der Waals surface area contributed by atoms with Crippen molar-refractivity contribution in [3.05, 3.63) is 0 Å². The molecule has 0 rings (SSSR count). The van der Waals surface area contributed by atoms with Crippen LogP contribution in [0.2, 0.25) is 0 Å². The third-order valence-corrected chi connectivity index (χ3v) is 2.85. The smallest absolute Gasteiger partial charge is 1.00 e. The summed E-state index contributed by atoms with van der Waals surface area (Å²) in [7, 11) is -4.02. The Kier molecular flexibility index (Phi) is 12.2. The normalized spacial score (nSPS) is 13.3. The number of hydrogen-bond acceptors (Lipinski definition) is 3. The molecule has 0 aromatic heterocycles. The molecular weight excluding hydrogens is 227 g/mol. The molecule has 1 atom stereocenters. The molecule has 0 fully saturated rings. The Bertz CT molecular complexity index is 234. The molecule has 2 N–H and O–H groups in total. The minimum absolute atomic E-state index is 0. The van der Waals surface area contributed by atoms with Gasteiger partial charge in [0.05, 0.1) is 6.10 Å². The average molecular weight is 248 g/mol. The van der Waals surface area contributed by atoms with Crippen LogP contribution in [0.4, 0.5) is 0 Å². The molecule has 0 saturated carbocycles. The van der Waals surface area contributed by atoms with E-state index in [-0.39, 0.29) is 31.0 Å². The van der Waals surface area contributed by atoms with Crippen molar-refractivity contribution in [2.24, 2.45) is 0 Å². The maximum absolute atomic E-state index is 10.4. The molecule has 0 aliphatic heterocycles. The van der Waals surface area contributed by atoms with Crippen LogP contribution >= 0.6 is 0 Å². The summed E-state index contributed by atoms with van der Waals surface area (Å²) in [5.74, 6) is -0.541. The third kappa shape index (κ3) is 14.9. The van der Waals surface area contributed by atoms with Crippen LogP contribution in [0.25, 0.3) is 0 Å². The molecule has 15 heavy (non-hydrogen) atoms. The quantitative estimate of drug-likeness (QED) is 0.318. The minimum Gasteiger partial charge on any atom is -1.00 e. The topological polar surface area (TPSA) is 74.6 Å². The first-order valence-electron chi connectivity index (χ1n) is 5.09. The molecule has 0 aliphatic rings. The Hall–Kier alpha value is 0.870. The fraction of sp³-hybridized carbons (Fsp3) is 1.00. The van der Waals surface area contributed by atoms with Crippen molar-refractivity contribution in [1.29, 1.82) is 0 Å². The Balaban J connectivity index is -0.000000845. The molecule has 1 unspecified atom stereocenters. The van der Waals surface area contributed by atoms with Gasteiger partial charge in [0.15, 0.2) is 0 Å². The van der Waals surface area contributed by atoms with Crippen molar-refractivity contribution in [2.75, 3.05) is 5.75 Å². The number of hydrogen-bond donors (Lipinski definition) is 2. The van der Waals surface area contributed by atoms with Crippen LogP contribution < -0.4 is 29.6 Å². The van der Waals surface area contributed by atoms with Gasteiger partial charge in [0.1, 0.15) is 5.75 Å². The number of rotatable bonds is 8. The molecule has 0 heterocycles. The summed E-state index contributed by atoms with van der Waals surface area (Å²) in [6.07, 6.45) is 4.81. The van der Waals surface area contributed by atoms with Crippen LogP contribution in [-0.2, 0) is 10.1 Å². The molecule has 0 aromatic rings. The molecule has 4 nitrogen and oxygen atoms in total. The second kappa shape index (κ2) is 10.1. The van der Waals surface area contributed by atoms with Gasteiger partial charge in [-0.15, -0.1) is 0 Å². The fourth-order valence-corrected chi connectivity index (χ4v) is 1.96. The van der Waals surface area contributed by atoms with Crippen LogP contribution in [0.3, 0.4) is 0 Å². The van der Waals surface area contributed by atoms with Crippen molar-refractivity contribution >= 4 is 10.1 Å². The largest absolute Gasteiger partial charge is 1.00 e. The summed E-state index contributed by atoms with van der Waals surface area (Å²) in [5, 5.41) is 9.20. The van der Waals surface area contributed by atoms with Crippen LogP contribution in [0.1, 0.15) is 46.9 Å². The predicted molar refractivity (Wildman–Crippen MR) is 56.9 cm³/mol. The second-order valence-electron chi connectivity index (χ2n) is 3.61. The van der Waals surface area contributed by atoms with Crippen molar-refractivity contribution in [3.8, 4) is 0 Å². The molecule has 0 aromatic carbocycles. The maximum atomic E-state index is 10.4. The molecule has 0 spiro atoms. The third-order valence-electron chi connectivity index (χ3n) is 2.04. The van der Waals surface area contributed by atoms with Gasteiger partial charge in [0.2, 0.25) is 0 Å². The number of aliphatic hydroxyl groups is 1. The van der Waals surface area contributed by atoms with Crippen molar-refractivity contribution in [2.45, 2.75) is 51.6 Å². The summed E-state index contributed by atoms with van der Waals surface area (Å²) in [5.41, 5.74) is 0. The van der Waals surface area contributed by atoms with Crippen molar-refractivity contribution in [3.63, 3.8) is 0 Å². The van der Waals surface area contributed by atoms with E-state index in [4.69, 9.17) is 4.55 Å². The van der Waals surface area contributed by atoms with Gasteiger partial charge in [-0.05, 0) is 6.42 Å². The van der Waals surface area contributed by atoms with Gasteiger partial charge in [-0.3, -0.25) is 4.55 Å². The van der Waals surface area contributed by atoms with E-state index in [0.717, 1.165) is 25.7 Å². The van der Waals surface area contributed by atoms with E-state index >= 15 is 0 Å². The minimum atomic E-state index is -4.02. The van der Waals surface area contributed by atoms with Crippen LogP contribution in [-0.4, -0.2) is 29.9 Å². The average Bonchev–Trinajstić information content (AvgIpc) is 2.00. The van der Waals surface area contributed by atoms with Gasteiger partial charge in [-0.1, -0.05) is 39.0 Å². The van der Waals surface area contributed by atoms with Gasteiger partial charge in [-0.2, -0.15) is 8.42 Å². The molecule has 0 aliphatic carbocycles. The zero-order chi connectivity index (χ0) is 11.0. The molecule has 88 valence electrons. The zero-order valence-electron chi connectivity index (χ0n) is 10.6. The Labute approximate surface area is 116 Å². The Morgan fingerprint density at radius 2 is 1.73 bits per heavy atom. The molecular formula is C9H21NaO4S. The van der Waals surface area contributed by atoms with Gasteiger partial charge in [0, 0.05) is 0 Å². The van der Waals surface area contributed by atoms with Gasteiger partial charge in [-0.25, -0.2) is 0 Å². The summed E-state index contributed by atoms with van der Waals surface area (Å²) in [6, 6.07) is 0. The molecule has 0 amide bonds. The van der Waals surface area contributed by atoms with E-state index < -0.39 is 22.0 Å². The van der Waals surface area contributed by atoms with E-state index in [1.54, 1.807) is 0 Å². The summed E-state index contributed by atoms with van der Waals surface area (Å²) in [4.78, 5) is 0. The van der Waals surface area contributed by atoms with Crippen molar-refractivity contribution < 1.29 is 49.1 Å². The van der Waals surface area contributed by atoms with Crippen LogP contribution in [0.5, 0.6) is 0 Å². The number of aliphatic hydroxyl groups excluding tert-OH is 1. The van der Waals surface area contributed by atoms with E-state index in [2.05, 4.69) is 6.92 Å². The second-order valence-corrected chi connectivity index (χ2v) is 5.10. The first-order chi connectivity index (χ1) is 6.45. The van der Waals surface area contributed by atoms with Gasteiger partial charge < -0.3 is 6.53 Å². The Morgan fingerprint density at radius 1 is 1.20 bits per heavy atom. The van der Waals surface area contributed by atoms with E-state index in [9.17, 15) is 13.5 Å². The molecule has 6 heteroatoms. The summed E-state index contributed by atoms with van der Waals surface area (Å²) < 4.78 is 29.2. The number of unbranched alkanes of at least 4 members (excludes halogenated alkanes) is 4. The Morgan fingerprint density at radius 3 is 2.20 bits per heavy atom. The van der Waals surface area contributed by atoms with Crippen molar-refractivity contribution in [1.82, 2.24) is 0 Å². The van der Waals surface area contributed by atoms with E-state index in [1.165, 1.54) is 6.42 Å².